The number of hydrogen-bond acceptors (Lipinski definition) is 6. The number of halogens is 1. The number of aryl methyl sites for hydroxylation is 2. The van der Waals surface area contributed by atoms with Crippen LogP contribution in [0.3, 0.4) is 0 Å². The molecular formula is C29H26ClN7OS. The molecule has 0 saturated carbocycles. The molecule has 0 aliphatic rings. The Balaban J connectivity index is 1.30. The molecule has 2 heterocycles. The molecule has 39 heavy (non-hydrogen) atoms. The summed E-state index contributed by atoms with van der Waals surface area (Å²) in [6.07, 6.45) is 1.63. The lowest BCUT2D eigenvalue weighted by atomic mass is 10.1. The lowest BCUT2D eigenvalue weighted by molar-refractivity contribution is -0.118. The Morgan fingerprint density at radius 2 is 1.67 bits per heavy atom. The largest absolute Gasteiger partial charge is 0.272 e. The highest BCUT2D eigenvalue weighted by atomic mass is 35.5. The highest BCUT2D eigenvalue weighted by Gasteiger charge is 2.17. The number of benzene rings is 3. The Bertz CT molecular complexity index is 1630. The van der Waals surface area contributed by atoms with Crippen molar-refractivity contribution in [1.82, 2.24) is 30.0 Å². The number of thioether (sulfide) groups is 1. The minimum Gasteiger partial charge on any atom is -0.272 e. The van der Waals surface area contributed by atoms with E-state index in [0.717, 1.165) is 39.5 Å². The lowest BCUT2D eigenvalue weighted by Gasteiger charge is -2.10. The summed E-state index contributed by atoms with van der Waals surface area (Å²) in [6.45, 7) is 5.93. The molecule has 5 aromatic rings. The normalized spacial score (nSPS) is 11.3. The Morgan fingerprint density at radius 1 is 0.949 bits per heavy atom. The van der Waals surface area contributed by atoms with Crippen LogP contribution in [0.1, 0.15) is 22.5 Å². The van der Waals surface area contributed by atoms with Crippen molar-refractivity contribution in [3.05, 3.63) is 106 Å². The van der Waals surface area contributed by atoms with Gasteiger partial charge in [0.05, 0.1) is 29.0 Å². The SMILES string of the molecule is Cc1ccc(-c2nnc(SCC(=O)N/N=C\c3c(C)nn(-c4ccccc4)c3C)n2-c2ccc(Cl)cc2)cc1. The molecular weight excluding hydrogens is 530 g/mol. The highest BCUT2D eigenvalue weighted by Crippen LogP contribution is 2.29. The number of hydrogen-bond donors (Lipinski definition) is 1. The molecule has 0 unspecified atom stereocenters. The van der Waals surface area contributed by atoms with Crippen molar-refractivity contribution in [3.63, 3.8) is 0 Å². The highest BCUT2D eigenvalue weighted by molar-refractivity contribution is 7.99. The summed E-state index contributed by atoms with van der Waals surface area (Å²) in [5, 5.41) is 18.8. The molecule has 0 aliphatic carbocycles. The first-order chi connectivity index (χ1) is 18.9. The molecule has 0 radical (unpaired) electrons. The fourth-order valence-corrected chi connectivity index (χ4v) is 4.94. The molecule has 0 spiro atoms. The van der Waals surface area contributed by atoms with Crippen LogP contribution in [0, 0.1) is 20.8 Å². The maximum atomic E-state index is 12.7. The van der Waals surface area contributed by atoms with Crippen molar-refractivity contribution in [2.45, 2.75) is 25.9 Å². The fourth-order valence-electron chi connectivity index (χ4n) is 4.07. The van der Waals surface area contributed by atoms with Crippen molar-refractivity contribution < 1.29 is 4.79 Å². The Morgan fingerprint density at radius 3 is 2.38 bits per heavy atom. The van der Waals surface area contributed by atoms with Crippen LogP contribution < -0.4 is 5.43 Å². The molecule has 2 aromatic heterocycles. The molecule has 10 heteroatoms. The monoisotopic (exact) mass is 555 g/mol. The van der Waals surface area contributed by atoms with Gasteiger partial charge in [-0.25, -0.2) is 10.1 Å². The summed E-state index contributed by atoms with van der Waals surface area (Å²) in [7, 11) is 0. The third-order valence-corrected chi connectivity index (χ3v) is 7.27. The van der Waals surface area contributed by atoms with Gasteiger partial charge in [-0.2, -0.15) is 10.2 Å². The second kappa shape index (κ2) is 11.7. The van der Waals surface area contributed by atoms with E-state index >= 15 is 0 Å². The topological polar surface area (TPSA) is 90.0 Å². The summed E-state index contributed by atoms with van der Waals surface area (Å²) >= 11 is 7.40. The first kappa shape index (κ1) is 26.4. The van der Waals surface area contributed by atoms with Gasteiger partial charge in [0.2, 0.25) is 0 Å². The molecule has 1 amide bonds. The number of hydrazone groups is 1. The van der Waals surface area contributed by atoms with Crippen molar-refractivity contribution in [1.29, 1.82) is 0 Å². The lowest BCUT2D eigenvalue weighted by Crippen LogP contribution is -2.20. The van der Waals surface area contributed by atoms with Gasteiger partial charge in [0.15, 0.2) is 11.0 Å². The molecule has 0 bridgehead atoms. The predicted octanol–water partition coefficient (Wildman–Crippen LogP) is 5.94. The van der Waals surface area contributed by atoms with Gasteiger partial charge in [-0.3, -0.25) is 9.36 Å². The average molecular weight is 556 g/mol. The van der Waals surface area contributed by atoms with Crippen molar-refractivity contribution in [2.75, 3.05) is 5.75 Å². The van der Waals surface area contributed by atoms with Crippen LogP contribution >= 0.6 is 23.4 Å². The standard InChI is InChI=1S/C29H26ClN7OS/c1-19-9-11-22(12-10-19)28-33-34-29(36(28)24-15-13-23(30)14-16-24)39-18-27(38)32-31-17-26-20(2)35-37(21(26)3)25-7-5-4-6-8-25/h4-17H,18H2,1-3H3,(H,32,38)/b31-17-. The molecule has 0 saturated heterocycles. The first-order valence-corrected chi connectivity index (χ1v) is 13.6. The number of aromatic nitrogens is 5. The minimum absolute atomic E-state index is 0.109. The van der Waals surface area contributed by atoms with E-state index < -0.39 is 0 Å². The van der Waals surface area contributed by atoms with Crippen molar-refractivity contribution in [3.8, 4) is 22.8 Å². The molecule has 1 N–H and O–H groups in total. The zero-order chi connectivity index (χ0) is 27.4. The summed E-state index contributed by atoms with van der Waals surface area (Å²) in [6, 6.07) is 25.4. The second-order valence-corrected chi connectivity index (χ2v) is 10.3. The average Bonchev–Trinajstić information content (AvgIpc) is 3.49. The number of nitrogens with one attached hydrogen (secondary N) is 1. The number of nitrogens with zero attached hydrogens (tertiary/aromatic N) is 6. The van der Waals surface area contributed by atoms with E-state index in [-0.39, 0.29) is 11.7 Å². The number of para-hydroxylation sites is 1. The molecule has 8 nitrogen and oxygen atoms in total. The third kappa shape index (κ3) is 5.94. The maximum absolute atomic E-state index is 12.7. The van der Waals surface area contributed by atoms with Crippen molar-refractivity contribution in [2.24, 2.45) is 5.10 Å². The van der Waals surface area contributed by atoms with Crippen LogP contribution in [0.5, 0.6) is 0 Å². The van der Waals surface area contributed by atoms with Gasteiger partial charge in [0.1, 0.15) is 0 Å². The zero-order valence-corrected chi connectivity index (χ0v) is 23.2. The number of carbonyl (C=O) groups is 1. The van der Waals surface area contributed by atoms with E-state index in [1.807, 2.05) is 109 Å². The maximum Gasteiger partial charge on any atom is 0.250 e. The second-order valence-electron chi connectivity index (χ2n) is 8.90. The number of amides is 1. The molecule has 0 aliphatic heterocycles. The Hall–Kier alpha value is -4.21. The summed E-state index contributed by atoms with van der Waals surface area (Å²) in [5.74, 6) is 0.530. The quantitative estimate of drug-likeness (QED) is 0.145. The van der Waals surface area contributed by atoms with Crippen LogP contribution in [-0.4, -0.2) is 42.4 Å². The van der Waals surface area contributed by atoms with Gasteiger partial charge in [0, 0.05) is 21.8 Å². The van der Waals surface area contributed by atoms with Gasteiger partial charge in [-0.1, -0.05) is 71.4 Å². The van der Waals surface area contributed by atoms with Crippen LogP contribution in [0.2, 0.25) is 5.02 Å². The Labute approximate surface area is 235 Å². The number of carbonyl (C=O) groups excluding carboxylic acids is 1. The van der Waals surface area contributed by atoms with Crippen LogP contribution in [-0.2, 0) is 4.79 Å². The molecule has 0 fully saturated rings. The van der Waals surface area contributed by atoms with Crippen LogP contribution in [0.25, 0.3) is 22.8 Å². The fraction of sp³-hybridized carbons (Fsp3) is 0.138. The molecule has 0 atom stereocenters. The molecule has 196 valence electrons. The smallest absolute Gasteiger partial charge is 0.250 e. The van der Waals surface area contributed by atoms with E-state index in [0.29, 0.717) is 16.0 Å². The third-order valence-electron chi connectivity index (χ3n) is 6.09. The summed E-state index contributed by atoms with van der Waals surface area (Å²) < 4.78 is 3.79. The van der Waals surface area contributed by atoms with E-state index in [4.69, 9.17) is 11.6 Å². The van der Waals surface area contributed by atoms with Crippen LogP contribution in [0.4, 0.5) is 0 Å². The van der Waals surface area contributed by atoms with Crippen molar-refractivity contribution >= 4 is 35.5 Å². The van der Waals surface area contributed by atoms with Gasteiger partial charge in [-0.15, -0.1) is 10.2 Å². The molecule has 3 aromatic carbocycles. The Kier molecular flexibility index (Phi) is 7.90. The van der Waals surface area contributed by atoms with Gasteiger partial charge >= 0.3 is 0 Å². The predicted molar refractivity (Wildman–Crippen MR) is 156 cm³/mol. The zero-order valence-electron chi connectivity index (χ0n) is 21.7. The van der Waals surface area contributed by atoms with Gasteiger partial charge in [0.25, 0.3) is 5.91 Å². The van der Waals surface area contributed by atoms with E-state index in [2.05, 4.69) is 25.8 Å². The van der Waals surface area contributed by atoms with E-state index in [1.54, 1.807) is 6.21 Å². The minimum atomic E-state index is -0.260. The van der Waals surface area contributed by atoms with E-state index in [9.17, 15) is 4.79 Å². The van der Waals surface area contributed by atoms with Gasteiger partial charge < -0.3 is 0 Å². The summed E-state index contributed by atoms with van der Waals surface area (Å²) in [4.78, 5) is 12.7. The first-order valence-electron chi connectivity index (χ1n) is 12.3. The summed E-state index contributed by atoms with van der Waals surface area (Å²) in [5.41, 5.74) is 9.12. The van der Waals surface area contributed by atoms with E-state index in [1.165, 1.54) is 11.8 Å². The number of rotatable bonds is 8. The van der Waals surface area contributed by atoms with Gasteiger partial charge in [-0.05, 0) is 57.2 Å². The van der Waals surface area contributed by atoms with Crippen LogP contribution in [0.15, 0.2) is 89.1 Å². The molecule has 5 rings (SSSR count).